The maximum Gasteiger partial charge on any atom is 0.252 e. The number of aromatic nitrogens is 1. The summed E-state index contributed by atoms with van der Waals surface area (Å²) in [6.07, 6.45) is 4.98. The Balaban J connectivity index is 2.27. The molecule has 0 bridgehead atoms. The lowest BCUT2D eigenvalue weighted by molar-refractivity contribution is 0.692. The summed E-state index contributed by atoms with van der Waals surface area (Å²) in [4.78, 5) is 14.4. The maximum atomic E-state index is 11.5. The highest BCUT2D eigenvalue weighted by Crippen LogP contribution is 2.32. The Labute approximate surface area is 83.3 Å². The van der Waals surface area contributed by atoms with Gasteiger partial charge in [0.15, 0.2) is 0 Å². The summed E-state index contributed by atoms with van der Waals surface area (Å²) >= 11 is 0. The second-order valence-corrected chi connectivity index (χ2v) is 3.95. The van der Waals surface area contributed by atoms with Crippen molar-refractivity contribution in [3.05, 3.63) is 33.7 Å². The van der Waals surface area contributed by atoms with Crippen molar-refractivity contribution in [2.75, 3.05) is 0 Å². The van der Waals surface area contributed by atoms with Crippen LogP contribution >= 0.6 is 0 Å². The minimum absolute atomic E-state index is 0.0168. The number of hydrogen-bond acceptors (Lipinski definition) is 2. The molecule has 0 aromatic carbocycles. The lowest BCUT2D eigenvalue weighted by Gasteiger charge is -2.09. The van der Waals surface area contributed by atoms with E-state index in [0.717, 1.165) is 5.69 Å². The van der Waals surface area contributed by atoms with Crippen LogP contribution in [0, 0.1) is 0 Å². The zero-order chi connectivity index (χ0) is 9.97. The molecule has 0 saturated heterocycles. The van der Waals surface area contributed by atoms with Gasteiger partial charge in [-0.2, -0.15) is 0 Å². The molecule has 1 aromatic heterocycles. The van der Waals surface area contributed by atoms with Gasteiger partial charge < -0.3 is 10.7 Å². The van der Waals surface area contributed by atoms with E-state index >= 15 is 0 Å². The van der Waals surface area contributed by atoms with E-state index in [-0.39, 0.29) is 5.56 Å². The van der Waals surface area contributed by atoms with Gasteiger partial charge >= 0.3 is 0 Å². The van der Waals surface area contributed by atoms with Crippen molar-refractivity contribution in [3.63, 3.8) is 0 Å². The van der Waals surface area contributed by atoms with E-state index in [1.807, 2.05) is 12.1 Å². The highest BCUT2D eigenvalue weighted by atomic mass is 16.1. The van der Waals surface area contributed by atoms with Gasteiger partial charge in [0.1, 0.15) is 0 Å². The van der Waals surface area contributed by atoms with E-state index in [0.29, 0.717) is 18.0 Å². The van der Waals surface area contributed by atoms with Crippen LogP contribution in [-0.2, 0) is 6.54 Å². The summed E-state index contributed by atoms with van der Waals surface area (Å²) in [5, 5.41) is 0. The molecule has 1 heterocycles. The van der Waals surface area contributed by atoms with Gasteiger partial charge in [-0.1, -0.05) is 18.9 Å². The van der Waals surface area contributed by atoms with Gasteiger partial charge in [-0.3, -0.25) is 4.79 Å². The van der Waals surface area contributed by atoms with Crippen LogP contribution in [0.4, 0.5) is 0 Å². The van der Waals surface area contributed by atoms with Crippen molar-refractivity contribution in [1.82, 2.24) is 4.98 Å². The van der Waals surface area contributed by atoms with E-state index in [1.54, 1.807) is 0 Å². The molecule has 2 rings (SSSR count). The molecule has 14 heavy (non-hydrogen) atoms. The van der Waals surface area contributed by atoms with E-state index in [9.17, 15) is 4.79 Å². The second kappa shape index (κ2) is 3.96. The van der Waals surface area contributed by atoms with Crippen LogP contribution in [0.3, 0.4) is 0 Å². The molecule has 1 saturated carbocycles. The molecule has 0 atom stereocenters. The molecule has 1 aromatic rings. The van der Waals surface area contributed by atoms with Crippen molar-refractivity contribution >= 4 is 0 Å². The fourth-order valence-electron chi connectivity index (χ4n) is 2.15. The third-order valence-corrected chi connectivity index (χ3v) is 3.03. The first kappa shape index (κ1) is 9.46. The predicted octanol–water partition coefficient (Wildman–Crippen LogP) is 1.49. The summed E-state index contributed by atoms with van der Waals surface area (Å²) < 4.78 is 0. The molecule has 0 radical (unpaired) electrons. The maximum absolute atomic E-state index is 11.5. The summed E-state index contributed by atoms with van der Waals surface area (Å²) in [6.45, 7) is 0.320. The van der Waals surface area contributed by atoms with Gasteiger partial charge in [0.05, 0.1) is 0 Å². The summed E-state index contributed by atoms with van der Waals surface area (Å²) in [5.74, 6) is 0.564. The number of pyridine rings is 1. The van der Waals surface area contributed by atoms with Crippen LogP contribution in [0.15, 0.2) is 16.9 Å². The number of nitrogens with one attached hydrogen (secondary N) is 1. The third-order valence-electron chi connectivity index (χ3n) is 3.03. The normalized spacial score (nSPS) is 17.5. The average Bonchev–Trinajstić information content (AvgIpc) is 2.70. The fraction of sp³-hybridized carbons (Fsp3) is 0.545. The van der Waals surface area contributed by atoms with Crippen LogP contribution in [-0.4, -0.2) is 4.98 Å². The third kappa shape index (κ3) is 1.73. The first-order valence-electron chi connectivity index (χ1n) is 5.23. The van der Waals surface area contributed by atoms with Crippen molar-refractivity contribution < 1.29 is 0 Å². The molecule has 1 aliphatic carbocycles. The number of H-pyrrole nitrogens is 1. The molecule has 0 spiro atoms. The van der Waals surface area contributed by atoms with Crippen LogP contribution in [0.1, 0.15) is 42.9 Å². The Morgan fingerprint density at radius 3 is 2.64 bits per heavy atom. The van der Waals surface area contributed by atoms with Gasteiger partial charge in [-0.25, -0.2) is 0 Å². The van der Waals surface area contributed by atoms with Crippen LogP contribution in [0.5, 0.6) is 0 Å². The standard InChI is InChI=1S/C11H16N2O/c12-7-9-5-6-10(13-11(9)14)8-3-1-2-4-8/h5-6,8H,1-4,7,12H2,(H,13,14). The second-order valence-electron chi connectivity index (χ2n) is 3.95. The van der Waals surface area contributed by atoms with Crippen LogP contribution < -0.4 is 11.3 Å². The lowest BCUT2D eigenvalue weighted by Crippen LogP contribution is -2.17. The number of nitrogens with two attached hydrogens (primary N) is 1. The minimum Gasteiger partial charge on any atom is -0.326 e. The lowest BCUT2D eigenvalue weighted by atomic mass is 10.0. The minimum atomic E-state index is -0.0168. The fourth-order valence-corrected chi connectivity index (χ4v) is 2.15. The van der Waals surface area contributed by atoms with Crippen LogP contribution in [0.25, 0.3) is 0 Å². The van der Waals surface area contributed by atoms with Gasteiger partial charge in [0, 0.05) is 17.8 Å². The van der Waals surface area contributed by atoms with Gasteiger partial charge in [0.2, 0.25) is 0 Å². The van der Waals surface area contributed by atoms with E-state index < -0.39 is 0 Å². The SMILES string of the molecule is NCc1ccc(C2CCCC2)[nH]c1=O. The Bertz CT molecular complexity index is 364. The Morgan fingerprint density at radius 2 is 2.07 bits per heavy atom. The molecule has 3 N–H and O–H groups in total. The highest BCUT2D eigenvalue weighted by molar-refractivity contribution is 5.17. The Kier molecular flexibility index (Phi) is 2.68. The molecule has 0 aliphatic heterocycles. The Hall–Kier alpha value is -1.09. The molecule has 0 unspecified atom stereocenters. The summed E-state index contributed by atoms with van der Waals surface area (Å²) in [7, 11) is 0. The topological polar surface area (TPSA) is 58.9 Å². The molecule has 76 valence electrons. The number of aromatic amines is 1. The largest absolute Gasteiger partial charge is 0.326 e. The van der Waals surface area contributed by atoms with Crippen molar-refractivity contribution in [1.29, 1.82) is 0 Å². The van der Waals surface area contributed by atoms with Crippen molar-refractivity contribution in [2.45, 2.75) is 38.1 Å². The molecule has 1 fully saturated rings. The molecule has 3 heteroatoms. The number of rotatable bonds is 2. The summed E-state index contributed by atoms with van der Waals surface area (Å²) in [5.41, 5.74) is 7.18. The smallest absolute Gasteiger partial charge is 0.252 e. The van der Waals surface area contributed by atoms with E-state index in [2.05, 4.69) is 4.98 Å². The van der Waals surface area contributed by atoms with Gasteiger partial charge in [-0.15, -0.1) is 0 Å². The highest BCUT2D eigenvalue weighted by Gasteiger charge is 2.17. The molecule has 1 aliphatic rings. The molecular formula is C11H16N2O. The Morgan fingerprint density at radius 1 is 1.36 bits per heavy atom. The zero-order valence-corrected chi connectivity index (χ0v) is 8.25. The van der Waals surface area contributed by atoms with Crippen LogP contribution in [0.2, 0.25) is 0 Å². The number of hydrogen-bond donors (Lipinski definition) is 2. The van der Waals surface area contributed by atoms with Crippen molar-refractivity contribution in [3.8, 4) is 0 Å². The average molecular weight is 192 g/mol. The van der Waals surface area contributed by atoms with Crippen molar-refractivity contribution in [2.24, 2.45) is 5.73 Å². The molecule has 0 amide bonds. The van der Waals surface area contributed by atoms with E-state index in [4.69, 9.17) is 5.73 Å². The summed E-state index contributed by atoms with van der Waals surface area (Å²) in [6, 6.07) is 3.87. The monoisotopic (exact) mass is 192 g/mol. The quantitative estimate of drug-likeness (QED) is 0.745. The molecular weight excluding hydrogens is 176 g/mol. The van der Waals surface area contributed by atoms with E-state index in [1.165, 1.54) is 25.7 Å². The first-order chi connectivity index (χ1) is 6.81. The zero-order valence-electron chi connectivity index (χ0n) is 8.25. The molecule has 3 nitrogen and oxygen atoms in total. The first-order valence-corrected chi connectivity index (χ1v) is 5.23. The van der Waals surface area contributed by atoms with Gasteiger partial charge in [0.25, 0.3) is 5.56 Å². The van der Waals surface area contributed by atoms with Gasteiger partial charge in [-0.05, 0) is 24.8 Å². The predicted molar refractivity (Wildman–Crippen MR) is 56.2 cm³/mol.